The summed E-state index contributed by atoms with van der Waals surface area (Å²) in [4.78, 5) is 23.7. The Kier molecular flexibility index (Phi) is 7.27. The van der Waals surface area contributed by atoms with E-state index < -0.39 is 17.8 Å². The zero-order valence-electron chi connectivity index (χ0n) is 21.0. The average Bonchev–Trinajstić information content (AvgIpc) is 3.12. The van der Waals surface area contributed by atoms with Gasteiger partial charge in [-0.25, -0.2) is 9.97 Å². The predicted octanol–water partition coefficient (Wildman–Crippen LogP) is 5.39. The van der Waals surface area contributed by atoms with Crippen LogP contribution in [-0.4, -0.2) is 51.0 Å². The van der Waals surface area contributed by atoms with Crippen molar-refractivity contribution < 1.29 is 18.0 Å². The summed E-state index contributed by atoms with van der Waals surface area (Å²) in [5.41, 5.74) is -0.297. The van der Waals surface area contributed by atoms with Gasteiger partial charge in [0.2, 0.25) is 5.91 Å². The maximum atomic E-state index is 13.5. The van der Waals surface area contributed by atoms with Crippen LogP contribution in [0.1, 0.15) is 71.8 Å². The molecule has 35 heavy (non-hydrogen) atoms. The lowest BCUT2D eigenvalue weighted by molar-refractivity contribution is -0.137. The zero-order valence-corrected chi connectivity index (χ0v) is 21.0. The lowest BCUT2D eigenvalue weighted by Crippen LogP contribution is -2.52. The first-order valence-corrected chi connectivity index (χ1v) is 12.6. The molecular weight excluding hydrogens is 455 g/mol. The third kappa shape index (κ3) is 5.88. The molecule has 2 aliphatic rings. The van der Waals surface area contributed by atoms with Crippen LogP contribution >= 0.6 is 0 Å². The van der Waals surface area contributed by atoms with Crippen molar-refractivity contribution in [3.8, 4) is 0 Å². The molecule has 1 amide bonds. The van der Waals surface area contributed by atoms with Crippen molar-refractivity contribution in [3.63, 3.8) is 0 Å². The number of anilines is 1. The van der Waals surface area contributed by atoms with E-state index in [-0.39, 0.29) is 28.7 Å². The minimum absolute atomic E-state index is 0.0112. The number of alkyl halides is 3. The van der Waals surface area contributed by atoms with E-state index in [1.165, 1.54) is 12.4 Å². The molecule has 1 aliphatic heterocycles. The van der Waals surface area contributed by atoms with Gasteiger partial charge in [-0.2, -0.15) is 13.2 Å². The first-order chi connectivity index (χ1) is 16.5. The summed E-state index contributed by atoms with van der Waals surface area (Å²) in [6.45, 7) is 9.38. The van der Waals surface area contributed by atoms with Crippen LogP contribution in [0.25, 0.3) is 10.9 Å². The Morgan fingerprint density at radius 1 is 1.11 bits per heavy atom. The molecule has 1 aromatic carbocycles. The van der Waals surface area contributed by atoms with Crippen molar-refractivity contribution >= 4 is 22.6 Å². The third-order valence-corrected chi connectivity index (χ3v) is 7.15. The molecule has 1 aromatic heterocycles. The van der Waals surface area contributed by atoms with Crippen LogP contribution in [0.5, 0.6) is 0 Å². The molecule has 0 radical (unpaired) electrons. The number of hydrogen-bond acceptors (Lipinski definition) is 5. The van der Waals surface area contributed by atoms with Gasteiger partial charge in [-0.3, -0.25) is 4.79 Å². The molecule has 2 N–H and O–H groups in total. The number of carbonyl (C=O) groups is 1. The van der Waals surface area contributed by atoms with Gasteiger partial charge in [-0.15, -0.1) is 0 Å². The number of likely N-dealkylation sites (tertiary alicyclic amines) is 1. The molecule has 0 bridgehead atoms. The highest BCUT2D eigenvalue weighted by Gasteiger charge is 2.42. The van der Waals surface area contributed by atoms with Crippen molar-refractivity contribution in [2.24, 2.45) is 5.92 Å². The van der Waals surface area contributed by atoms with Crippen molar-refractivity contribution in [1.29, 1.82) is 0 Å². The summed E-state index contributed by atoms with van der Waals surface area (Å²) in [5.74, 6) is 0.715. The summed E-state index contributed by atoms with van der Waals surface area (Å²) in [6.07, 6.45) is 2.64. The molecule has 0 spiro atoms. The van der Waals surface area contributed by atoms with Gasteiger partial charge in [0.1, 0.15) is 18.2 Å². The predicted molar refractivity (Wildman–Crippen MR) is 131 cm³/mol. The topological polar surface area (TPSA) is 70.2 Å². The number of carbonyl (C=O) groups excluding carboxylic acids is 1. The van der Waals surface area contributed by atoms with Crippen molar-refractivity contribution in [2.75, 3.05) is 11.9 Å². The van der Waals surface area contributed by atoms with Gasteiger partial charge in [-0.05, 0) is 77.0 Å². The monoisotopic (exact) mass is 491 g/mol. The number of benzene rings is 1. The molecule has 1 saturated carbocycles. The Labute approximate surface area is 205 Å². The van der Waals surface area contributed by atoms with Gasteiger partial charge in [0, 0.05) is 29.6 Å². The first kappa shape index (κ1) is 25.7. The normalized spacial score (nSPS) is 25.9. The summed E-state index contributed by atoms with van der Waals surface area (Å²) in [6, 6.07) is 3.55. The van der Waals surface area contributed by atoms with Gasteiger partial charge >= 0.3 is 6.18 Å². The molecule has 1 aliphatic carbocycles. The van der Waals surface area contributed by atoms with Crippen molar-refractivity contribution in [3.05, 3.63) is 30.1 Å². The van der Waals surface area contributed by atoms with Crippen LogP contribution in [0, 0.1) is 5.92 Å². The fourth-order valence-corrected chi connectivity index (χ4v) is 5.76. The van der Waals surface area contributed by atoms with E-state index in [9.17, 15) is 18.0 Å². The van der Waals surface area contributed by atoms with Crippen LogP contribution in [-0.2, 0) is 11.0 Å². The summed E-state index contributed by atoms with van der Waals surface area (Å²) >= 11 is 0. The van der Waals surface area contributed by atoms with E-state index in [2.05, 4.69) is 48.3 Å². The zero-order chi connectivity index (χ0) is 25.4. The van der Waals surface area contributed by atoms with Crippen molar-refractivity contribution in [2.45, 2.75) is 96.1 Å². The van der Waals surface area contributed by atoms with Crippen LogP contribution in [0.3, 0.4) is 0 Å². The van der Waals surface area contributed by atoms with E-state index >= 15 is 0 Å². The fourth-order valence-electron chi connectivity index (χ4n) is 5.76. The molecule has 4 rings (SSSR count). The average molecular weight is 492 g/mol. The molecule has 9 heteroatoms. The summed E-state index contributed by atoms with van der Waals surface area (Å²) in [5, 5.41) is 7.15. The Bertz CT molecular complexity index is 1050. The number of amides is 1. The smallest absolute Gasteiger partial charge is 0.358 e. The Hall–Kier alpha value is -2.42. The van der Waals surface area contributed by atoms with Crippen LogP contribution in [0.2, 0.25) is 0 Å². The highest BCUT2D eigenvalue weighted by atomic mass is 19.4. The SMILES string of the molecule is CCC[C@H]1C[C@@H](NC(C)(C)C)CC[C@@H]1N1CC[C@H](Nc2ncnc3ccc(C(F)(F)F)cc23)C1=O. The number of hydrogen-bond donors (Lipinski definition) is 2. The van der Waals surface area contributed by atoms with E-state index in [4.69, 9.17) is 0 Å². The summed E-state index contributed by atoms with van der Waals surface area (Å²) < 4.78 is 39.8. The number of nitrogens with one attached hydrogen (secondary N) is 2. The maximum absolute atomic E-state index is 13.5. The van der Waals surface area contributed by atoms with E-state index in [1.54, 1.807) is 0 Å². The second-order valence-corrected chi connectivity index (χ2v) is 11.0. The van der Waals surface area contributed by atoms with Gasteiger partial charge < -0.3 is 15.5 Å². The van der Waals surface area contributed by atoms with Gasteiger partial charge in [0.05, 0.1) is 11.1 Å². The molecule has 192 valence electrons. The van der Waals surface area contributed by atoms with Gasteiger partial charge in [-0.1, -0.05) is 13.3 Å². The Balaban J connectivity index is 1.49. The number of rotatable bonds is 6. The molecule has 2 fully saturated rings. The van der Waals surface area contributed by atoms with Crippen molar-refractivity contribution in [1.82, 2.24) is 20.2 Å². The van der Waals surface area contributed by atoms with E-state index in [0.717, 1.165) is 44.2 Å². The molecule has 6 nitrogen and oxygen atoms in total. The lowest BCUT2D eigenvalue weighted by Gasteiger charge is -2.43. The Morgan fingerprint density at radius 3 is 2.57 bits per heavy atom. The quantitative estimate of drug-likeness (QED) is 0.567. The first-order valence-electron chi connectivity index (χ1n) is 12.6. The highest BCUT2D eigenvalue weighted by molar-refractivity contribution is 5.93. The van der Waals surface area contributed by atoms with Crippen LogP contribution in [0.15, 0.2) is 24.5 Å². The minimum atomic E-state index is -4.46. The standard InChI is InChI=1S/C26H36F3N5O/c1-5-6-16-13-18(33-25(2,3)4)8-10-22(16)34-12-11-21(24(34)35)32-23-19-14-17(26(27,28)29)7-9-20(19)30-15-31-23/h7,9,14-16,18,21-22,33H,5-6,8,10-13H2,1-4H3,(H,30,31,32)/t16-,18-,21-,22-/m0/s1. The summed E-state index contributed by atoms with van der Waals surface area (Å²) in [7, 11) is 0. The van der Waals surface area contributed by atoms with E-state index in [0.29, 0.717) is 30.4 Å². The molecule has 4 atom stereocenters. The van der Waals surface area contributed by atoms with E-state index in [1.807, 2.05) is 4.90 Å². The second-order valence-electron chi connectivity index (χ2n) is 11.0. The highest BCUT2D eigenvalue weighted by Crippen LogP contribution is 2.36. The maximum Gasteiger partial charge on any atom is 0.416 e. The minimum Gasteiger partial charge on any atom is -0.358 e. The number of halogens is 3. The Morgan fingerprint density at radius 2 is 1.89 bits per heavy atom. The third-order valence-electron chi connectivity index (χ3n) is 7.15. The largest absolute Gasteiger partial charge is 0.416 e. The molecule has 1 saturated heterocycles. The number of aromatic nitrogens is 2. The number of fused-ring (bicyclic) bond motifs is 1. The lowest BCUT2D eigenvalue weighted by atomic mass is 9.78. The molecule has 2 aromatic rings. The second kappa shape index (κ2) is 9.91. The fraction of sp³-hybridized carbons (Fsp3) is 0.654. The van der Waals surface area contributed by atoms with Crippen LogP contribution in [0.4, 0.5) is 19.0 Å². The van der Waals surface area contributed by atoms with Gasteiger partial charge in [0.15, 0.2) is 0 Å². The molecule has 0 unspecified atom stereocenters. The van der Waals surface area contributed by atoms with Gasteiger partial charge in [0.25, 0.3) is 0 Å². The molecular formula is C26H36F3N5O. The van der Waals surface area contributed by atoms with Crippen LogP contribution < -0.4 is 10.6 Å². The molecule has 2 heterocycles. The number of nitrogens with zero attached hydrogens (tertiary/aromatic N) is 3.